The number of carboxylic acids is 1. The summed E-state index contributed by atoms with van der Waals surface area (Å²) in [6.45, 7) is 3.78. The van der Waals surface area contributed by atoms with Crippen LogP contribution in [0.2, 0.25) is 5.02 Å². The molecule has 2 rings (SSSR count). The maximum absolute atomic E-state index is 10.7. The summed E-state index contributed by atoms with van der Waals surface area (Å²) in [4.78, 5) is 19.7. The minimum Gasteiger partial charge on any atom is -0.481 e. The molecule has 5 heteroatoms. The van der Waals surface area contributed by atoms with Gasteiger partial charge < -0.3 is 5.11 Å². The number of carbonyl (C=O) groups is 1. The molecule has 1 aromatic heterocycles. The molecule has 1 N–H and O–H groups in total. The highest BCUT2D eigenvalue weighted by atomic mass is 35.5. The van der Waals surface area contributed by atoms with Crippen LogP contribution in [0.1, 0.15) is 34.8 Å². The molecule has 0 amide bonds. The minimum atomic E-state index is -0.811. The minimum absolute atomic E-state index is 0.0922. The molecular formula is C16H17ClN2O2. The van der Waals surface area contributed by atoms with E-state index >= 15 is 0 Å². The molecule has 0 unspecified atom stereocenters. The second kappa shape index (κ2) is 6.68. The third-order valence-electron chi connectivity index (χ3n) is 3.36. The first-order valence-electron chi connectivity index (χ1n) is 6.75. The summed E-state index contributed by atoms with van der Waals surface area (Å²) in [7, 11) is 0. The summed E-state index contributed by atoms with van der Waals surface area (Å²) < 4.78 is 0. The van der Waals surface area contributed by atoms with Gasteiger partial charge in [-0.2, -0.15) is 0 Å². The van der Waals surface area contributed by atoms with Gasteiger partial charge in [-0.3, -0.25) is 4.79 Å². The number of aliphatic carboxylic acids is 1. The number of benzene rings is 1. The van der Waals surface area contributed by atoms with Crippen LogP contribution in [0.3, 0.4) is 0 Å². The zero-order chi connectivity index (χ0) is 15.4. The fourth-order valence-electron chi connectivity index (χ4n) is 2.29. The number of hydrogen-bond donors (Lipinski definition) is 1. The molecule has 0 spiro atoms. The van der Waals surface area contributed by atoms with E-state index in [1.54, 1.807) is 0 Å². The van der Waals surface area contributed by atoms with E-state index in [0.29, 0.717) is 23.7 Å². The van der Waals surface area contributed by atoms with Crippen LogP contribution in [0.5, 0.6) is 0 Å². The number of nitrogens with zero attached hydrogens (tertiary/aromatic N) is 2. The molecule has 0 aliphatic heterocycles. The zero-order valence-electron chi connectivity index (χ0n) is 12.1. The average Bonchev–Trinajstić information content (AvgIpc) is 2.40. The summed E-state index contributed by atoms with van der Waals surface area (Å²) in [5.74, 6) is -0.105. The Bertz CT molecular complexity index is 648. The lowest BCUT2D eigenvalue weighted by Crippen LogP contribution is -2.08. The van der Waals surface area contributed by atoms with E-state index in [9.17, 15) is 4.79 Å². The molecule has 0 saturated heterocycles. The molecule has 0 aliphatic rings. The van der Waals surface area contributed by atoms with E-state index < -0.39 is 5.97 Å². The number of aromatic nitrogens is 2. The van der Waals surface area contributed by atoms with Gasteiger partial charge in [0, 0.05) is 29.3 Å². The first-order valence-corrected chi connectivity index (χ1v) is 7.13. The van der Waals surface area contributed by atoms with Gasteiger partial charge in [0.05, 0.1) is 0 Å². The van der Waals surface area contributed by atoms with Crippen LogP contribution in [0.4, 0.5) is 0 Å². The molecule has 1 aromatic carbocycles. The van der Waals surface area contributed by atoms with Crippen molar-refractivity contribution < 1.29 is 9.90 Å². The molecular weight excluding hydrogens is 288 g/mol. The van der Waals surface area contributed by atoms with Crippen molar-refractivity contribution in [2.45, 2.75) is 33.1 Å². The molecule has 0 bridgehead atoms. The first kappa shape index (κ1) is 15.4. The van der Waals surface area contributed by atoms with Crippen LogP contribution in [0.25, 0.3) is 0 Å². The summed E-state index contributed by atoms with van der Waals surface area (Å²) in [5, 5.41) is 9.48. The number of halogens is 1. The SMILES string of the molecule is Cc1nc(Cc2ccccc2Cl)nc(C)c1CCC(=O)O. The Morgan fingerprint density at radius 1 is 1.19 bits per heavy atom. The molecule has 0 radical (unpaired) electrons. The first-order chi connectivity index (χ1) is 9.97. The van der Waals surface area contributed by atoms with E-state index in [4.69, 9.17) is 16.7 Å². The van der Waals surface area contributed by atoms with Crippen LogP contribution in [0.15, 0.2) is 24.3 Å². The van der Waals surface area contributed by atoms with Crippen LogP contribution >= 0.6 is 11.6 Å². The van der Waals surface area contributed by atoms with Gasteiger partial charge in [-0.05, 0) is 37.5 Å². The Labute approximate surface area is 128 Å². The molecule has 21 heavy (non-hydrogen) atoms. The lowest BCUT2D eigenvalue weighted by molar-refractivity contribution is -0.136. The molecule has 0 atom stereocenters. The Morgan fingerprint density at radius 2 is 1.81 bits per heavy atom. The second-order valence-electron chi connectivity index (χ2n) is 4.95. The summed E-state index contributed by atoms with van der Waals surface area (Å²) in [6, 6.07) is 7.62. The molecule has 0 saturated carbocycles. The van der Waals surface area contributed by atoms with E-state index in [-0.39, 0.29) is 6.42 Å². The highest BCUT2D eigenvalue weighted by Crippen LogP contribution is 2.19. The summed E-state index contributed by atoms with van der Waals surface area (Å²) in [6.07, 6.45) is 1.12. The van der Waals surface area contributed by atoms with Gasteiger partial charge in [0.2, 0.25) is 0 Å². The smallest absolute Gasteiger partial charge is 0.303 e. The monoisotopic (exact) mass is 304 g/mol. The van der Waals surface area contributed by atoms with Gasteiger partial charge >= 0.3 is 5.97 Å². The molecule has 110 valence electrons. The lowest BCUT2D eigenvalue weighted by atomic mass is 10.1. The fourth-order valence-corrected chi connectivity index (χ4v) is 2.50. The van der Waals surface area contributed by atoms with Crippen LogP contribution in [0, 0.1) is 13.8 Å². The fraction of sp³-hybridized carbons (Fsp3) is 0.312. The average molecular weight is 305 g/mol. The van der Waals surface area contributed by atoms with Crippen LogP contribution in [-0.4, -0.2) is 21.0 Å². The molecule has 4 nitrogen and oxygen atoms in total. The molecule has 0 fully saturated rings. The van der Waals surface area contributed by atoms with Gasteiger partial charge in [0.25, 0.3) is 0 Å². The summed E-state index contributed by atoms with van der Waals surface area (Å²) in [5.41, 5.74) is 3.58. The van der Waals surface area contributed by atoms with Crippen molar-refractivity contribution in [3.8, 4) is 0 Å². The largest absolute Gasteiger partial charge is 0.481 e. The van der Waals surface area contributed by atoms with E-state index in [1.807, 2.05) is 38.1 Å². The van der Waals surface area contributed by atoms with Crippen molar-refractivity contribution in [2.24, 2.45) is 0 Å². The normalized spacial score (nSPS) is 10.6. The third kappa shape index (κ3) is 4.02. The van der Waals surface area contributed by atoms with Crippen molar-refractivity contribution in [3.05, 3.63) is 57.6 Å². The number of rotatable bonds is 5. The molecule has 1 heterocycles. The van der Waals surface area contributed by atoms with E-state index in [2.05, 4.69) is 9.97 Å². The predicted octanol–water partition coefficient (Wildman–Crippen LogP) is 3.35. The van der Waals surface area contributed by atoms with Crippen molar-refractivity contribution in [3.63, 3.8) is 0 Å². The Morgan fingerprint density at radius 3 is 2.38 bits per heavy atom. The standard InChI is InChI=1S/C16H17ClN2O2/c1-10-13(7-8-16(20)21)11(2)19-15(18-10)9-12-5-3-4-6-14(12)17/h3-6H,7-9H2,1-2H3,(H,20,21). The maximum Gasteiger partial charge on any atom is 0.303 e. The van der Waals surface area contributed by atoms with Crippen LogP contribution in [-0.2, 0) is 17.6 Å². The lowest BCUT2D eigenvalue weighted by Gasteiger charge is -2.10. The van der Waals surface area contributed by atoms with Gasteiger partial charge in [-0.15, -0.1) is 0 Å². The Hall–Kier alpha value is -1.94. The van der Waals surface area contributed by atoms with Crippen molar-refractivity contribution in [1.82, 2.24) is 9.97 Å². The zero-order valence-corrected chi connectivity index (χ0v) is 12.8. The van der Waals surface area contributed by atoms with E-state index in [0.717, 1.165) is 22.5 Å². The Balaban J connectivity index is 2.23. The highest BCUT2D eigenvalue weighted by molar-refractivity contribution is 6.31. The highest BCUT2D eigenvalue weighted by Gasteiger charge is 2.11. The second-order valence-corrected chi connectivity index (χ2v) is 5.36. The number of aryl methyl sites for hydroxylation is 2. The summed E-state index contributed by atoms with van der Waals surface area (Å²) >= 11 is 6.15. The molecule has 0 aliphatic carbocycles. The van der Waals surface area contributed by atoms with Gasteiger partial charge in [0.15, 0.2) is 0 Å². The van der Waals surface area contributed by atoms with Gasteiger partial charge in [-0.1, -0.05) is 29.8 Å². The topological polar surface area (TPSA) is 63.1 Å². The molecule has 2 aromatic rings. The van der Waals surface area contributed by atoms with E-state index in [1.165, 1.54) is 0 Å². The van der Waals surface area contributed by atoms with Crippen molar-refractivity contribution in [1.29, 1.82) is 0 Å². The van der Waals surface area contributed by atoms with Crippen molar-refractivity contribution in [2.75, 3.05) is 0 Å². The Kier molecular flexibility index (Phi) is 4.91. The number of carboxylic acid groups (broad SMARTS) is 1. The maximum atomic E-state index is 10.7. The van der Waals surface area contributed by atoms with Crippen molar-refractivity contribution >= 4 is 17.6 Å². The quantitative estimate of drug-likeness (QED) is 0.920. The number of hydrogen-bond acceptors (Lipinski definition) is 3. The predicted molar refractivity (Wildman–Crippen MR) is 81.7 cm³/mol. The van der Waals surface area contributed by atoms with Gasteiger partial charge in [-0.25, -0.2) is 9.97 Å². The van der Waals surface area contributed by atoms with Gasteiger partial charge in [0.1, 0.15) is 5.82 Å². The third-order valence-corrected chi connectivity index (χ3v) is 3.73. The van der Waals surface area contributed by atoms with Crippen LogP contribution < -0.4 is 0 Å².